The Bertz CT molecular complexity index is 639. The first-order valence-electron chi connectivity index (χ1n) is 5.51. The van der Waals surface area contributed by atoms with E-state index >= 15 is 0 Å². The molecule has 2 aromatic rings. The molecule has 1 aliphatic heterocycles. The number of hydrogen-bond acceptors (Lipinski definition) is 3. The Kier molecular flexibility index (Phi) is 2.60. The third-order valence-electron chi connectivity index (χ3n) is 2.66. The smallest absolute Gasteiger partial charge is 0.268 e. The maximum Gasteiger partial charge on any atom is 0.268 e. The highest BCUT2D eigenvalue weighted by atomic mass is 32.1. The zero-order valence-corrected chi connectivity index (χ0v) is 10.2. The van der Waals surface area contributed by atoms with Gasteiger partial charge in [0.1, 0.15) is 5.70 Å². The van der Waals surface area contributed by atoms with Crippen LogP contribution >= 0.6 is 11.3 Å². The normalized spacial score (nSPS) is 17.9. The summed E-state index contributed by atoms with van der Waals surface area (Å²) in [4.78, 5) is 23.7. The first kappa shape index (κ1) is 11.0. The van der Waals surface area contributed by atoms with Crippen molar-refractivity contribution < 1.29 is 9.59 Å². The average molecular weight is 258 g/mol. The third-order valence-corrected chi connectivity index (χ3v) is 3.72. The standard InChI is InChI=1S/C13H10N2O2S/c16-12-7-14-13(17)10(15-12)6-9-5-8-3-1-2-4-11(8)18-9/h1-6H,7H2,(H,14,17)(H,15,16)/b10-6+. The minimum Gasteiger partial charge on any atom is -0.342 e. The Morgan fingerprint density at radius 2 is 2.06 bits per heavy atom. The molecule has 1 aliphatic rings. The largest absolute Gasteiger partial charge is 0.342 e. The van der Waals surface area contributed by atoms with Crippen LogP contribution in [0, 0.1) is 0 Å². The molecule has 5 heteroatoms. The highest BCUT2D eigenvalue weighted by Crippen LogP contribution is 2.26. The molecule has 18 heavy (non-hydrogen) atoms. The number of carbonyl (C=O) groups excluding carboxylic acids is 2. The van der Waals surface area contributed by atoms with Crippen LogP contribution in [0.25, 0.3) is 16.2 Å². The van der Waals surface area contributed by atoms with Gasteiger partial charge in [-0.2, -0.15) is 0 Å². The van der Waals surface area contributed by atoms with E-state index in [0.717, 1.165) is 15.0 Å². The van der Waals surface area contributed by atoms with E-state index in [1.807, 2.05) is 30.3 Å². The lowest BCUT2D eigenvalue weighted by atomic mass is 10.2. The molecule has 0 unspecified atom stereocenters. The zero-order valence-electron chi connectivity index (χ0n) is 9.40. The highest BCUT2D eigenvalue weighted by Gasteiger charge is 2.19. The molecule has 2 N–H and O–H groups in total. The Hall–Kier alpha value is -2.14. The van der Waals surface area contributed by atoms with Crippen molar-refractivity contribution in [1.82, 2.24) is 10.6 Å². The van der Waals surface area contributed by atoms with E-state index in [1.54, 1.807) is 17.4 Å². The van der Waals surface area contributed by atoms with E-state index in [2.05, 4.69) is 10.6 Å². The predicted molar refractivity (Wildman–Crippen MR) is 71.0 cm³/mol. The first-order valence-corrected chi connectivity index (χ1v) is 6.32. The molecule has 3 rings (SSSR count). The summed E-state index contributed by atoms with van der Waals surface area (Å²) < 4.78 is 1.16. The molecule has 4 nitrogen and oxygen atoms in total. The molecule has 0 spiro atoms. The lowest BCUT2D eigenvalue weighted by Crippen LogP contribution is -2.46. The van der Waals surface area contributed by atoms with E-state index in [4.69, 9.17) is 0 Å². The van der Waals surface area contributed by atoms with Crippen molar-refractivity contribution in [3.8, 4) is 0 Å². The Morgan fingerprint density at radius 3 is 2.89 bits per heavy atom. The van der Waals surface area contributed by atoms with Gasteiger partial charge in [-0.25, -0.2) is 0 Å². The summed E-state index contributed by atoms with van der Waals surface area (Å²) in [6, 6.07) is 10.0. The van der Waals surface area contributed by atoms with Gasteiger partial charge < -0.3 is 10.6 Å². The SMILES string of the molecule is O=C1CNC(=O)/C(=C\c2cc3ccccc3s2)N1. The third kappa shape index (κ3) is 2.00. The lowest BCUT2D eigenvalue weighted by Gasteiger charge is -2.15. The van der Waals surface area contributed by atoms with Gasteiger partial charge in [0, 0.05) is 9.58 Å². The number of thiophene rings is 1. The Balaban J connectivity index is 1.99. The maximum absolute atomic E-state index is 11.6. The van der Waals surface area contributed by atoms with E-state index in [0.29, 0.717) is 5.70 Å². The fraction of sp³-hybridized carbons (Fsp3) is 0.0769. The number of nitrogens with one attached hydrogen (secondary N) is 2. The molecule has 0 aliphatic carbocycles. The summed E-state index contributed by atoms with van der Waals surface area (Å²) in [5, 5.41) is 6.23. The highest BCUT2D eigenvalue weighted by molar-refractivity contribution is 7.19. The number of piperazine rings is 1. The van der Waals surface area contributed by atoms with E-state index in [9.17, 15) is 9.59 Å². The molecular formula is C13H10N2O2S. The van der Waals surface area contributed by atoms with Gasteiger partial charge in [0.15, 0.2) is 0 Å². The van der Waals surface area contributed by atoms with E-state index < -0.39 is 0 Å². The Morgan fingerprint density at radius 1 is 1.22 bits per heavy atom. The first-order chi connectivity index (χ1) is 8.72. The van der Waals surface area contributed by atoms with Crippen molar-refractivity contribution in [3.63, 3.8) is 0 Å². The predicted octanol–water partition coefficient (Wildman–Crippen LogP) is 1.49. The molecule has 90 valence electrons. The number of amides is 2. The molecule has 1 fully saturated rings. The molecule has 1 aromatic carbocycles. The van der Waals surface area contributed by atoms with Crippen LogP contribution < -0.4 is 10.6 Å². The van der Waals surface area contributed by atoms with Crippen LogP contribution in [0.4, 0.5) is 0 Å². The molecule has 2 heterocycles. The van der Waals surface area contributed by atoms with Crippen molar-refractivity contribution in [2.24, 2.45) is 0 Å². The fourth-order valence-corrected chi connectivity index (χ4v) is 2.83. The van der Waals surface area contributed by atoms with Crippen LogP contribution in [0.5, 0.6) is 0 Å². The summed E-state index contributed by atoms with van der Waals surface area (Å²) in [5.41, 5.74) is 0.304. The summed E-state index contributed by atoms with van der Waals surface area (Å²) in [5.74, 6) is -0.436. The van der Waals surface area contributed by atoms with E-state index in [1.165, 1.54) is 0 Å². The fourth-order valence-electron chi connectivity index (χ4n) is 1.82. The monoisotopic (exact) mass is 258 g/mol. The maximum atomic E-state index is 11.6. The average Bonchev–Trinajstić information content (AvgIpc) is 2.76. The topological polar surface area (TPSA) is 58.2 Å². The lowest BCUT2D eigenvalue weighted by molar-refractivity contribution is -0.127. The Labute approximate surface area is 107 Å². The van der Waals surface area contributed by atoms with Gasteiger partial charge in [-0.3, -0.25) is 9.59 Å². The van der Waals surface area contributed by atoms with Crippen molar-refractivity contribution in [3.05, 3.63) is 40.9 Å². The van der Waals surface area contributed by atoms with Gasteiger partial charge in [0.05, 0.1) is 6.54 Å². The van der Waals surface area contributed by atoms with Crippen LogP contribution in [-0.4, -0.2) is 18.4 Å². The minimum atomic E-state index is -0.243. The van der Waals surface area contributed by atoms with Gasteiger partial charge >= 0.3 is 0 Å². The van der Waals surface area contributed by atoms with Gasteiger partial charge in [0.25, 0.3) is 5.91 Å². The molecular weight excluding hydrogens is 248 g/mol. The quantitative estimate of drug-likeness (QED) is 0.761. The van der Waals surface area contributed by atoms with Gasteiger partial charge in [0.2, 0.25) is 5.91 Å². The van der Waals surface area contributed by atoms with E-state index in [-0.39, 0.29) is 18.4 Å². The molecule has 0 radical (unpaired) electrons. The van der Waals surface area contributed by atoms with Crippen LogP contribution in [0.1, 0.15) is 4.88 Å². The molecule has 0 bridgehead atoms. The summed E-state index contributed by atoms with van der Waals surface area (Å²) in [6.45, 7) is 0.0442. The number of rotatable bonds is 1. The number of hydrogen-bond donors (Lipinski definition) is 2. The summed E-state index contributed by atoms with van der Waals surface area (Å²) in [6.07, 6.45) is 1.71. The van der Waals surface area contributed by atoms with Crippen LogP contribution in [0.2, 0.25) is 0 Å². The second-order valence-electron chi connectivity index (χ2n) is 3.98. The summed E-state index contributed by atoms with van der Waals surface area (Å²) in [7, 11) is 0. The number of fused-ring (bicyclic) bond motifs is 1. The molecule has 0 saturated carbocycles. The van der Waals surface area contributed by atoms with Crippen molar-refractivity contribution in [1.29, 1.82) is 0 Å². The van der Waals surface area contributed by atoms with Gasteiger partial charge in [-0.05, 0) is 23.6 Å². The second kappa shape index (κ2) is 4.27. The van der Waals surface area contributed by atoms with Crippen molar-refractivity contribution in [2.75, 3.05) is 6.54 Å². The molecule has 1 aromatic heterocycles. The molecule has 1 saturated heterocycles. The number of benzene rings is 1. The van der Waals surface area contributed by atoms with Crippen LogP contribution in [-0.2, 0) is 9.59 Å². The summed E-state index contributed by atoms with van der Waals surface area (Å²) >= 11 is 1.59. The molecule has 2 amide bonds. The second-order valence-corrected chi connectivity index (χ2v) is 5.09. The van der Waals surface area contributed by atoms with Crippen molar-refractivity contribution >= 4 is 39.3 Å². The van der Waals surface area contributed by atoms with Gasteiger partial charge in [-0.15, -0.1) is 11.3 Å². The van der Waals surface area contributed by atoms with Crippen molar-refractivity contribution in [2.45, 2.75) is 0 Å². The molecule has 0 atom stereocenters. The van der Waals surface area contributed by atoms with Gasteiger partial charge in [-0.1, -0.05) is 18.2 Å². The van der Waals surface area contributed by atoms with Crippen LogP contribution in [0.3, 0.4) is 0 Å². The minimum absolute atomic E-state index is 0.0442. The number of carbonyl (C=O) groups is 2. The van der Waals surface area contributed by atoms with Crippen LogP contribution in [0.15, 0.2) is 36.0 Å². The zero-order chi connectivity index (χ0) is 12.5.